The van der Waals surface area contributed by atoms with Gasteiger partial charge in [-0.3, -0.25) is 10.1 Å². The van der Waals surface area contributed by atoms with Crippen molar-refractivity contribution in [1.29, 1.82) is 0 Å². The van der Waals surface area contributed by atoms with E-state index in [1.807, 2.05) is 0 Å². The van der Waals surface area contributed by atoms with Gasteiger partial charge in [-0.1, -0.05) is 5.16 Å². The average Bonchev–Trinajstić information content (AvgIpc) is 2.88. The molecular weight excluding hydrogens is 242 g/mol. The van der Waals surface area contributed by atoms with E-state index in [-0.39, 0.29) is 23.9 Å². The highest BCUT2D eigenvalue weighted by Gasteiger charge is 2.23. The predicted molar refractivity (Wildman–Crippen MR) is 59.1 cm³/mol. The highest BCUT2D eigenvalue weighted by molar-refractivity contribution is 5.60. The van der Waals surface area contributed by atoms with Crippen LogP contribution in [0.5, 0.6) is 5.88 Å². The first-order valence-electron chi connectivity index (χ1n) is 4.89. The average molecular weight is 251 g/mol. The number of rotatable bonds is 5. The van der Waals surface area contributed by atoms with Crippen molar-refractivity contribution in [3.63, 3.8) is 0 Å². The van der Waals surface area contributed by atoms with Gasteiger partial charge in [0.1, 0.15) is 6.33 Å². The molecule has 9 heteroatoms. The molecule has 0 aromatic carbocycles. The molecule has 18 heavy (non-hydrogen) atoms. The Balaban J connectivity index is 2.24. The van der Waals surface area contributed by atoms with Crippen LogP contribution >= 0.6 is 0 Å². The molecule has 9 nitrogen and oxygen atoms in total. The summed E-state index contributed by atoms with van der Waals surface area (Å²) in [6.07, 6.45) is 2.65. The summed E-state index contributed by atoms with van der Waals surface area (Å²) in [5.74, 6) is 0.486. The van der Waals surface area contributed by atoms with Gasteiger partial charge in [0.25, 0.3) is 5.88 Å². The van der Waals surface area contributed by atoms with E-state index in [0.717, 1.165) is 0 Å². The van der Waals surface area contributed by atoms with Crippen molar-refractivity contribution in [3.8, 4) is 5.88 Å². The monoisotopic (exact) mass is 251 g/mol. The van der Waals surface area contributed by atoms with Gasteiger partial charge in [-0.15, -0.1) is 0 Å². The van der Waals surface area contributed by atoms with Crippen LogP contribution in [-0.4, -0.2) is 27.2 Å². The number of hydrogen-bond donors (Lipinski definition) is 1. The summed E-state index contributed by atoms with van der Waals surface area (Å²) in [7, 11) is 1.30. The van der Waals surface area contributed by atoms with Crippen LogP contribution in [0.15, 0.2) is 23.1 Å². The Morgan fingerprint density at radius 3 is 3.00 bits per heavy atom. The second-order valence-corrected chi connectivity index (χ2v) is 3.17. The molecule has 0 fully saturated rings. The Morgan fingerprint density at radius 2 is 2.39 bits per heavy atom. The maximum atomic E-state index is 10.9. The van der Waals surface area contributed by atoms with Crippen molar-refractivity contribution in [2.75, 3.05) is 12.4 Å². The van der Waals surface area contributed by atoms with Crippen LogP contribution in [0.4, 0.5) is 11.5 Å². The maximum Gasteiger partial charge on any atom is 0.372 e. The van der Waals surface area contributed by atoms with Crippen molar-refractivity contribution >= 4 is 11.5 Å². The number of hydrogen-bond acceptors (Lipinski definition) is 8. The predicted octanol–water partition coefficient (Wildman–Crippen LogP) is 0.993. The van der Waals surface area contributed by atoms with E-state index in [0.29, 0.717) is 5.76 Å². The molecule has 0 saturated heterocycles. The van der Waals surface area contributed by atoms with E-state index in [1.54, 1.807) is 6.07 Å². The fraction of sp³-hybridized carbons (Fsp3) is 0.222. The van der Waals surface area contributed by atoms with E-state index in [9.17, 15) is 10.1 Å². The number of aromatic nitrogens is 3. The molecule has 0 aliphatic heterocycles. The minimum atomic E-state index is -0.610. The van der Waals surface area contributed by atoms with Gasteiger partial charge in [-0.05, 0) is 0 Å². The SMILES string of the molecule is COc1ncnc(NCc2ccno2)c1[N+](=O)[O-]. The highest BCUT2D eigenvalue weighted by atomic mass is 16.6. The molecular formula is C9H9N5O4. The van der Waals surface area contributed by atoms with Crippen molar-refractivity contribution in [1.82, 2.24) is 15.1 Å². The Hall–Kier alpha value is -2.71. The molecule has 94 valence electrons. The van der Waals surface area contributed by atoms with Crippen LogP contribution in [0.2, 0.25) is 0 Å². The first-order valence-corrected chi connectivity index (χ1v) is 4.89. The van der Waals surface area contributed by atoms with E-state index >= 15 is 0 Å². The molecule has 1 N–H and O–H groups in total. The number of nitro groups is 1. The molecule has 0 unspecified atom stereocenters. The zero-order valence-electron chi connectivity index (χ0n) is 9.36. The fourth-order valence-electron chi connectivity index (χ4n) is 1.31. The van der Waals surface area contributed by atoms with Crippen LogP contribution in [0.1, 0.15) is 5.76 Å². The molecule has 0 saturated carbocycles. The third-order valence-corrected chi connectivity index (χ3v) is 2.09. The molecule has 0 bridgehead atoms. The molecule has 2 rings (SSSR count). The largest absolute Gasteiger partial charge is 0.476 e. The van der Waals surface area contributed by atoms with E-state index in [2.05, 4.69) is 20.4 Å². The first-order chi connectivity index (χ1) is 8.72. The molecule has 0 radical (unpaired) electrons. The third-order valence-electron chi connectivity index (χ3n) is 2.09. The lowest BCUT2D eigenvalue weighted by Gasteiger charge is -2.05. The number of nitrogens with one attached hydrogen (secondary N) is 1. The summed E-state index contributed by atoms with van der Waals surface area (Å²) in [4.78, 5) is 17.8. The maximum absolute atomic E-state index is 10.9. The Bertz CT molecular complexity index is 542. The van der Waals surface area contributed by atoms with Gasteiger partial charge >= 0.3 is 5.69 Å². The van der Waals surface area contributed by atoms with Gasteiger partial charge in [-0.25, -0.2) is 4.98 Å². The van der Waals surface area contributed by atoms with Crippen molar-refractivity contribution in [2.45, 2.75) is 6.54 Å². The van der Waals surface area contributed by atoms with Crippen LogP contribution in [0.3, 0.4) is 0 Å². The summed E-state index contributed by atoms with van der Waals surface area (Å²) in [6, 6.07) is 1.64. The second kappa shape index (κ2) is 5.08. The zero-order valence-corrected chi connectivity index (χ0v) is 9.36. The highest BCUT2D eigenvalue weighted by Crippen LogP contribution is 2.30. The van der Waals surface area contributed by atoms with Gasteiger partial charge in [0, 0.05) is 6.07 Å². The van der Waals surface area contributed by atoms with Crippen molar-refractivity contribution < 1.29 is 14.2 Å². The smallest absolute Gasteiger partial charge is 0.372 e. The first kappa shape index (κ1) is 11.8. The molecule has 0 aliphatic carbocycles. The molecule has 0 aliphatic rings. The Labute approximate surface area is 101 Å². The van der Waals surface area contributed by atoms with Crippen LogP contribution < -0.4 is 10.1 Å². The standard InChI is InChI=1S/C9H9N5O4/c1-17-9-7(14(15)16)8(11-5-12-9)10-4-6-2-3-13-18-6/h2-3,5H,4H2,1H3,(H,10,11,12). The number of anilines is 1. The summed E-state index contributed by atoms with van der Waals surface area (Å²) in [5.41, 5.74) is -0.320. The van der Waals surface area contributed by atoms with Crippen LogP contribution in [0, 0.1) is 10.1 Å². The minimum absolute atomic E-state index is 0.0586. The topological polar surface area (TPSA) is 116 Å². The van der Waals surface area contributed by atoms with Crippen molar-refractivity contribution in [3.05, 3.63) is 34.5 Å². The summed E-state index contributed by atoms with van der Waals surface area (Å²) < 4.78 is 9.67. The lowest BCUT2D eigenvalue weighted by Crippen LogP contribution is -2.06. The zero-order chi connectivity index (χ0) is 13.0. The van der Waals surface area contributed by atoms with E-state index in [4.69, 9.17) is 9.26 Å². The second-order valence-electron chi connectivity index (χ2n) is 3.17. The van der Waals surface area contributed by atoms with Gasteiger partial charge in [0.05, 0.1) is 24.8 Å². The lowest BCUT2D eigenvalue weighted by atomic mass is 10.4. The number of ether oxygens (including phenoxy) is 1. The van der Waals surface area contributed by atoms with Gasteiger partial charge in [0.15, 0.2) is 5.76 Å². The fourth-order valence-corrected chi connectivity index (χ4v) is 1.31. The molecule has 2 heterocycles. The van der Waals surface area contributed by atoms with Crippen molar-refractivity contribution in [2.24, 2.45) is 0 Å². The number of nitrogens with zero attached hydrogens (tertiary/aromatic N) is 4. The van der Waals surface area contributed by atoms with Crippen LogP contribution in [0.25, 0.3) is 0 Å². The normalized spacial score (nSPS) is 10.1. The molecule has 0 atom stereocenters. The van der Waals surface area contributed by atoms with Gasteiger partial charge in [-0.2, -0.15) is 4.98 Å². The summed E-state index contributed by atoms with van der Waals surface area (Å²) >= 11 is 0. The van der Waals surface area contributed by atoms with Gasteiger partial charge in [0.2, 0.25) is 5.82 Å². The molecule has 0 amide bonds. The third kappa shape index (κ3) is 2.34. The quantitative estimate of drug-likeness (QED) is 0.617. The van der Waals surface area contributed by atoms with E-state index < -0.39 is 4.92 Å². The number of methoxy groups -OCH3 is 1. The molecule has 2 aromatic rings. The minimum Gasteiger partial charge on any atom is -0.476 e. The Morgan fingerprint density at radius 1 is 1.56 bits per heavy atom. The summed E-state index contributed by atoms with van der Waals surface area (Å²) in [6.45, 7) is 0.223. The Kier molecular flexibility index (Phi) is 3.32. The summed E-state index contributed by atoms with van der Waals surface area (Å²) in [5, 5.41) is 17.2. The molecule has 2 aromatic heterocycles. The van der Waals surface area contributed by atoms with Gasteiger partial charge < -0.3 is 14.6 Å². The van der Waals surface area contributed by atoms with E-state index in [1.165, 1.54) is 19.6 Å². The molecule has 0 spiro atoms. The lowest BCUT2D eigenvalue weighted by molar-refractivity contribution is -0.385. The van der Waals surface area contributed by atoms with Crippen LogP contribution in [-0.2, 0) is 6.54 Å².